The summed E-state index contributed by atoms with van der Waals surface area (Å²) >= 11 is 1.56. The van der Waals surface area contributed by atoms with Crippen molar-refractivity contribution in [3.8, 4) is 0 Å². The highest BCUT2D eigenvalue weighted by Gasteiger charge is 2.42. The van der Waals surface area contributed by atoms with Crippen LogP contribution in [0.1, 0.15) is 34.7 Å². The number of hydrogen-bond acceptors (Lipinski definition) is 3. The zero-order chi connectivity index (χ0) is 17.0. The van der Waals surface area contributed by atoms with E-state index >= 15 is 0 Å². The monoisotopic (exact) mass is 346 g/mol. The van der Waals surface area contributed by atoms with Gasteiger partial charge in [0, 0.05) is 5.56 Å². The van der Waals surface area contributed by atoms with Crippen molar-refractivity contribution in [1.82, 2.24) is 4.90 Å². The highest BCUT2D eigenvalue weighted by atomic mass is 32.2. The molecule has 0 radical (unpaired) electrons. The van der Waals surface area contributed by atoms with E-state index in [4.69, 9.17) is 4.99 Å². The van der Waals surface area contributed by atoms with Gasteiger partial charge in [-0.2, -0.15) is 0 Å². The van der Waals surface area contributed by atoms with Crippen molar-refractivity contribution >= 4 is 28.5 Å². The highest BCUT2D eigenvalue weighted by molar-refractivity contribution is 8.15. The number of hydrogen-bond donors (Lipinski definition) is 0. The fourth-order valence-electron chi connectivity index (χ4n) is 3.99. The topological polar surface area (TPSA) is 32.7 Å². The van der Waals surface area contributed by atoms with Crippen molar-refractivity contribution < 1.29 is 4.79 Å². The van der Waals surface area contributed by atoms with Crippen LogP contribution in [0, 0.1) is 6.92 Å². The van der Waals surface area contributed by atoms with Crippen LogP contribution in [0.5, 0.6) is 0 Å². The summed E-state index contributed by atoms with van der Waals surface area (Å²) in [6, 6.07) is 17.1. The quantitative estimate of drug-likeness (QED) is 0.769. The molecule has 2 aliphatic heterocycles. The molecule has 5 rings (SSSR count). The number of aryl methyl sites for hydroxylation is 2. The second-order valence-electron chi connectivity index (χ2n) is 6.79. The lowest BCUT2D eigenvalue weighted by Gasteiger charge is -2.37. The van der Waals surface area contributed by atoms with E-state index in [1.165, 1.54) is 27.8 Å². The fraction of sp³-hybridized carbons (Fsp3) is 0.238. The van der Waals surface area contributed by atoms with Crippen molar-refractivity contribution in [3.63, 3.8) is 0 Å². The minimum absolute atomic E-state index is 0.0149. The molecule has 0 spiro atoms. The van der Waals surface area contributed by atoms with Gasteiger partial charge in [-0.1, -0.05) is 65.9 Å². The van der Waals surface area contributed by atoms with E-state index in [0.29, 0.717) is 5.75 Å². The number of fused-ring (bicyclic) bond motifs is 3. The van der Waals surface area contributed by atoms with Crippen LogP contribution in [0.3, 0.4) is 0 Å². The van der Waals surface area contributed by atoms with Crippen molar-refractivity contribution in [2.75, 3.05) is 5.75 Å². The molecule has 4 heteroatoms. The van der Waals surface area contributed by atoms with E-state index in [1.807, 2.05) is 4.90 Å². The molecule has 1 aliphatic carbocycles. The van der Waals surface area contributed by atoms with Crippen LogP contribution in [-0.2, 0) is 11.2 Å². The third kappa shape index (κ3) is 2.28. The van der Waals surface area contributed by atoms with Crippen molar-refractivity contribution in [1.29, 1.82) is 0 Å². The predicted molar refractivity (Wildman–Crippen MR) is 102 cm³/mol. The Bertz CT molecular complexity index is 943. The molecule has 25 heavy (non-hydrogen) atoms. The van der Waals surface area contributed by atoms with E-state index in [2.05, 4.69) is 55.5 Å². The summed E-state index contributed by atoms with van der Waals surface area (Å²) in [4.78, 5) is 19.4. The average molecular weight is 346 g/mol. The van der Waals surface area contributed by atoms with Gasteiger partial charge in [-0.15, -0.1) is 0 Å². The Morgan fingerprint density at radius 2 is 1.88 bits per heavy atom. The van der Waals surface area contributed by atoms with Crippen LogP contribution in [0.2, 0.25) is 0 Å². The van der Waals surface area contributed by atoms with Crippen LogP contribution in [0.25, 0.3) is 5.70 Å². The van der Waals surface area contributed by atoms with Gasteiger partial charge in [-0.25, -0.2) is 4.99 Å². The van der Waals surface area contributed by atoms with Crippen LogP contribution >= 0.6 is 11.8 Å². The van der Waals surface area contributed by atoms with Crippen molar-refractivity contribution in [2.45, 2.75) is 25.8 Å². The Morgan fingerprint density at radius 1 is 1.08 bits per heavy atom. The largest absolute Gasteiger partial charge is 0.279 e. The van der Waals surface area contributed by atoms with Gasteiger partial charge in [0.05, 0.1) is 17.5 Å². The number of amidine groups is 1. The number of benzene rings is 2. The van der Waals surface area contributed by atoms with Gasteiger partial charge in [0.2, 0.25) is 5.91 Å². The number of nitrogens with zero attached hydrogens (tertiary/aromatic N) is 2. The first kappa shape index (κ1) is 15.0. The molecule has 1 fully saturated rings. The molecule has 1 saturated heterocycles. The molecule has 3 nitrogen and oxygen atoms in total. The second-order valence-corrected chi connectivity index (χ2v) is 7.73. The minimum atomic E-state index is -0.0149. The first-order chi connectivity index (χ1) is 12.2. The van der Waals surface area contributed by atoms with E-state index in [-0.39, 0.29) is 11.9 Å². The summed E-state index contributed by atoms with van der Waals surface area (Å²) in [5.74, 6) is 0.656. The normalized spacial score (nSPS) is 21.6. The number of rotatable bonds is 1. The Morgan fingerprint density at radius 3 is 2.72 bits per heavy atom. The number of aliphatic imine (C=N–C) groups is 1. The third-order valence-electron chi connectivity index (χ3n) is 5.23. The van der Waals surface area contributed by atoms with Gasteiger partial charge < -0.3 is 0 Å². The Hall–Kier alpha value is -2.33. The molecule has 124 valence electrons. The summed E-state index contributed by atoms with van der Waals surface area (Å²) in [5, 5.41) is 0.853. The first-order valence-corrected chi connectivity index (χ1v) is 9.62. The lowest BCUT2D eigenvalue weighted by molar-refractivity contribution is -0.125. The molecule has 0 unspecified atom stereocenters. The van der Waals surface area contributed by atoms with Crippen LogP contribution in [0.15, 0.2) is 59.1 Å². The molecule has 0 saturated carbocycles. The molecule has 0 N–H and O–H groups in total. The van der Waals surface area contributed by atoms with Crippen molar-refractivity contribution in [3.05, 3.63) is 76.4 Å². The van der Waals surface area contributed by atoms with Crippen LogP contribution < -0.4 is 0 Å². The standard InChI is InChI=1S/C21H18N2OS/c1-13-6-8-15(9-7-13)20-17-11-10-14-4-2-3-5-16(14)19(17)22-21-23(20)18(24)12-25-21/h2-9,20H,10-12H2,1H3/t20-/m0/s1. The minimum Gasteiger partial charge on any atom is -0.279 e. The van der Waals surface area contributed by atoms with Gasteiger partial charge >= 0.3 is 0 Å². The van der Waals surface area contributed by atoms with Crippen molar-refractivity contribution in [2.24, 2.45) is 4.99 Å². The smallest absolute Gasteiger partial charge is 0.239 e. The van der Waals surface area contributed by atoms with Gasteiger partial charge in [0.25, 0.3) is 0 Å². The lowest BCUT2D eigenvalue weighted by atomic mass is 9.82. The van der Waals surface area contributed by atoms with E-state index in [0.717, 1.165) is 23.7 Å². The summed E-state index contributed by atoms with van der Waals surface area (Å²) < 4.78 is 0. The first-order valence-electron chi connectivity index (χ1n) is 8.64. The summed E-state index contributed by atoms with van der Waals surface area (Å²) in [7, 11) is 0. The maximum atomic E-state index is 12.6. The van der Waals surface area contributed by atoms with E-state index in [1.54, 1.807) is 11.8 Å². The van der Waals surface area contributed by atoms with Gasteiger partial charge in [-0.3, -0.25) is 9.69 Å². The summed E-state index contributed by atoms with van der Waals surface area (Å²) in [6.07, 6.45) is 1.97. The fourth-order valence-corrected chi connectivity index (χ4v) is 4.89. The molecular weight excluding hydrogens is 328 g/mol. The third-order valence-corrected chi connectivity index (χ3v) is 6.17. The van der Waals surface area contributed by atoms with E-state index < -0.39 is 0 Å². The molecule has 2 heterocycles. The average Bonchev–Trinajstić information content (AvgIpc) is 3.01. The Balaban J connectivity index is 1.73. The van der Waals surface area contributed by atoms with E-state index in [9.17, 15) is 4.79 Å². The predicted octanol–water partition coefficient (Wildman–Crippen LogP) is 4.34. The van der Waals surface area contributed by atoms with Gasteiger partial charge in [0.1, 0.15) is 0 Å². The number of carbonyl (C=O) groups excluding carboxylic acids is 1. The molecule has 0 aromatic heterocycles. The number of amides is 1. The highest BCUT2D eigenvalue weighted by Crippen LogP contribution is 2.47. The molecule has 0 bridgehead atoms. The van der Waals surface area contributed by atoms with Crippen LogP contribution in [0.4, 0.5) is 0 Å². The summed E-state index contributed by atoms with van der Waals surface area (Å²) in [6.45, 7) is 2.09. The molecular formula is C21H18N2OS. The van der Waals surface area contributed by atoms with Crippen LogP contribution in [-0.4, -0.2) is 21.7 Å². The van der Waals surface area contributed by atoms with Gasteiger partial charge in [0.15, 0.2) is 5.17 Å². The maximum Gasteiger partial charge on any atom is 0.239 e. The molecule has 1 atom stereocenters. The summed E-state index contributed by atoms with van der Waals surface area (Å²) in [5.41, 5.74) is 7.37. The lowest BCUT2D eigenvalue weighted by Crippen LogP contribution is -2.38. The number of thioether (sulfide) groups is 1. The SMILES string of the molecule is Cc1ccc([C@H]2C3=C(N=C4SCC(=O)N42)c2ccccc2CC3)cc1. The second kappa shape index (κ2) is 5.60. The number of carbonyl (C=O) groups is 1. The van der Waals surface area contributed by atoms with Gasteiger partial charge in [-0.05, 0) is 36.5 Å². The molecule has 1 amide bonds. The Labute approximate surface area is 151 Å². The molecule has 3 aliphatic rings. The zero-order valence-corrected chi connectivity index (χ0v) is 14.8. The Kier molecular flexibility index (Phi) is 3.35. The molecule has 2 aromatic rings. The molecule has 2 aromatic carbocycles. The maximum absolute atomic E-state index is 12.6. The zero-order valence-electron chi connectivity index (χ0n) is 14.0.